The molecule has 98 valence electrons. The van der Waals surface area contributed by atoms with Crippen molar-refractivity contribution >= 4 is 0 Å². The monoisotopic (exact) mass is 238 g/mol. The minimum atomic E-state index is -0.868. The maximum atomic E-state index is 10.5. The Morgan fingerprint density at radius 3 is 2.41 bits per heavy atom. The lowest BCUT2D eigenvalue weighted by Gasteiger charge is -2.58. The molecule has 2 heteroatoms. The van der Waals surface area contributed by atoms with E-state index in [1.165, 1.54) is 12.8 Å². The van der Waals surface area contributed by atoms with Crippen molar-refractivity contribution in [3.8, 4) is 0 Å². The number of aliphatic hydroxyl groups excluding tert-OH is 1. The van der Waals surface area contributed by atoms with Crippen LogP contribution in [0.5, 0.6) is 0 Å². The van der Waals surface area contributed by atoms with Crippen LogP contribution in [0.25, 0.3) is 0 Å². The Balaban J connectivity index is 2.46. The third-order valence-corrected chi connectivity index (χ3v) is 5.40. The molecule has 0 spiro atoms. The number of hydrogen-bond acceptors (Lipinski definition) is 2. The zero-order valence-electron chi connectivity index (χ0n) is 11.5. The topological polar surface area (TPSA) is 40.5 Å². The Bertz CT molecular complexity index is 330. The molecule has 0 bridgehead atoms. The van der Waals surface area contributed by atoms with Gasteiger partial charge in [0, 0.05) is 12.5 Å². The number of allylic oxidation sites excluding steroid dienone is 1. The smallest absolute Gasteiger partial charge is 0.0855 e. The van der Waals surface area contributed by atoms with E-state index in [1.54, 1.807) is 0 Å². The molecule has 0 amide bonds. The standard InChI is InChI=1S/C15H26O2/c1-13(2)7-5-8-14(3)11(13)6-9-15(4,17)12(14)10-16/h6,9,11-12,16-17H,5,7-8,10H2,1-4H3/t11-,12+,14-,15+/m0/s1. The van der Waals surface area contributed by atoms with Crippen molar-refractivity contribution in [2.45, 2.75) is 52.6 Å². The lowest BCUT2D eigenvalue weighted by atomic mass is 9.48. The highest BCUT2D eigenvalue weighted by Crippen LogP contribution is 2.59. The molecule has 0 heterocycles. The summed E-state index contributed by atoms with van der Waals surface area (Å²) in [7, 11) is 0. The molecule has 2 nitrogen and oxygen atoms in total. The Hall–Kier alpha value is -0.340. The van der Waals surface area contributed by atoms with Gasteiger partial charge in [0.1, 0.15) is 0 Å². The molecule has 0 aromatic carbocycles. The van der Waals surface area contributed by atoms with Gasteiger partial charge in [-0.1, -0.05) is 39.3 Å². The number of rotatable bonds is 1. The van der Waals surface area contributed by atoms with Crippen LogP contribution in [-0.2, 0) is 0 Å². The minimum absolute atomic E-state index is 0.0226. The second kappa shape index (κ2) is 3.83. The van der Waals surface area contributed by atoms with Crippen LogP contribution >= 0.6 is 0 Å². The summed E-state index contributed by atoms with van der Waals surface area (Å²) in [5, 5.41) is 20.2. The van der Waals surface area contributed by atoms with Crippen LogP contribution in [0.3, 0.4) is 0 Å². The van der Waals surface area contributed by atoms with Crippen LogP contribution in [0, 0.1) is 22.7 Å². The molecule has 0 saturated heterocycles. The molecule has 0 aromatic heterocycles. The van der Waals surface area contributed by atoms with Crippen molar-refractivity contribution in [1.29, 1.82) is 0 Å². The molecule has 1 saturated carbocycles. The van der Waals surface area contributed by atoms with Gasteiger partial charge in [-0.3, -0.25) is 0 Å². The summed E-state index contributed by atoms with van der Waals surface area (Å²) in [5.41, 5.74) is -0.574. The molecular weight excluding hydrogens is 212 g/mol. The molecule has 2 aliphatic rings. The summed E-state index contributed by atoms with van der Waals surface area (Å²) < 4.78 is 0. The molecule has 2 rings (SSSR count). The molecule has 17 heavy (non-hydrogen) atoms. The van der Waals surface area contributed by atoms with Crippen molar-refractivity contribution in [2.24, 2.45) is 22.7 Å². The predicted molar refractivity (Wildman–Crippen MR) is 69.6 cm³/mol. The van der Waals surface area contributed by atoms with Crippen molar-refractivity contribution in [1.82, 2.24) is 0 Å². The van der Waals surface area contributed by atoms with Gasteiger partial charge in [-0.15, -0.1) is 0 Å². The average molecular weight is 238 g/mol. The predicted octanol–water partition coefficient (Wildman–Crippen LogP) is 2.75. The van der Waals surface area contributed by atoms with Crippen LogP contribution < -0.4 is 0 Å². The zero-order chi connectivity index (χ0) is 12.9. The zero-order valence-corrected chi connectivity index (χ0v) is 11.5. The minimum Gasteiger partial charge on any atom is -0.396 e. The van der Waals surface area contributed by atoms with E-state index >= 15 is 0 Å². The van der Waals surface area contributed by atoms with Gasteiger partial charge in [-0.05, 0) is 36.5 Å². The van der Waals surface area contributed by atoms with Gasteiger partial charge < -0.3 is 10.2 Å². The van der Waals surface area contributed by atoms with Crippen LogP contribution in [0.2, 0.25) is 0 Å². The van der Waals surface area contributed by atoms with Crippen molar-refractivity contribution in [2.75, 3.05) is 6.61 Å². The normalized spacial score (nSPS) is 48.8. The first kappa shape index (κ1) is 13.1. The quantitative estimate of drug-likeness (QED) is 0.690. The Kier molecular flexibility index (Phi) is 2.95. The van der Waals surface area contributed by atoms with Crippen molar-refractivity contribution < 1.29 is 10.2 Å². The molecule has 0 radical (unpaired) electrons. The average Bonchev–Trinajstić information content (AvgIpc) is 2.14. The summed E-state index contributed by atoms with van der Waals surface area (Å²) in [6.07, 6.45) is 7.64. The van der Waals surface area contributed by atoms with Gasteiger partial charge in [0.25, 0.3) is 0 Å². The van der Waals surface area contributed by atoms with Crippen LogP contribution in [-0.4, -0.2) is 22.4 Å². The summed E-state index contributed by atoms with van der Waals surface area (Å²) in [5.74, 6) is 0.408. The van der Waals surface area contributed by atoms with Crippen LogP contribution in [0.15, 0.2) is 12.2 Å². The lowest BCUT2D eigenvalue weighted by molar-refractivity contribution is -0.118. The Morgan fingerprint density at radius 2 is 1.82 bits per heavy atom. The summed E-state index contributed by atoms with van der Waals surface area (Å²) in [6, 6.07) is 0. The van der Waals surface area contributed by atoms with Crippen molar-refractivity contribution in [3.63, 3.8) is 0 Å². The fraction of sp³-hybridized carbons (Fsp3) is 0.867. The van der Waals surface area contributed by atoms with E-state index in [0.29, 0.717) is 5.92 Å². The highest BCUT2D eigenvalue weighted by molar-refractivity contribution is 5.20. The molecular formula is C15H26O2. The van der Waals surface area contributed by atoms with Gasteiger partial charge in [-0.25, -0.2) is 0 Å². The van der Waals surface area contributed by atoms with E-state index in [4.69, 9.17) is 0 Å². The first-order valence-corrected chi connectivity index (χ1v) is 6.77. The molecule has 4 atom stereocenters. The van der Waals surface area contributed by atoms with Gasteiger partial charge in [0.2, 0.25) is 0 Å². The fourth-order valence-electron chi connectivity index (χ4n) is 4.47. The molecule has 2 N–H and O–H groups in total. The second-order valence-corrected chi connectivity index (χ2v) is 7.15. The summed E-state index contributed by atoms with van der Waals surface area (Å²) >= 11 is 0. The number of fused-ring (bicyclic) bond motifs is 1. The molecule has 0 unspecified atom stereocenters. The first-order chi connectivity index (χ1) is 7.74. The van der Waals surface area contributed by atoms with Gasteiger partial charge in [0.05, 0.1) is 5.60 Å². The van der Waals surface area contributed by atoms with E-state index in [-0.39, 0.29) is 23.4 Å². The number of hydrogen-bond donors (Lipinski definition) is 2. The Labute approximate surface area is 105 Å². The SMILES string of the molecule is CC1(C)CCC[C@]2(C)[C@@H](CO)[C@](C)(O)C=C[C@@H]12. The van der Waals surface area contributed by atoms with Gasteiger partial charge >= 0.3 is 0 Å². The maximum absolute atomic E-state index is 10.5. The van der Waals surface area contributed by atoms with Gasteiger partial charge in [-0.2, -0.15) is 0 Å². The number of aliphatic hydroxyl groups is 2. The van der Waals surface area contributed by atoms with E-state index in [0.717, 1.165) is 6.42 Å². The van der Waals surface area contributed by atoms with E-state index < -0.39 is 5.60 Å². The lowest BCUT2D eigenvalue weighted by Crippen LogP contribution is -2.56. The van der Waals surface area contributed by atoms with Gasteiger partial charge in [0.15, 0.2) is 0 Å². The second-order valence-electron chi connectivity index (χ2n) is 7.15. The van der Waals surface area contributed by atoms with E-state index in [1.807, 2.05) is 13.0 Å². The van der Waals surface area contributed by atoms with Crippen LogP contribution in [0.4, 0.5) is 0 Å². The third kappa shape index (κ3) is 1.86. The highest BCUT2D eigenvalue weighted by Gasteiger charge is 2.55. The Morgan fingerprint density at radius 1 is 1.18 bits per heavy atom. The first-order valence-electron chi connectivity index (χ1n) is 6.77. The third-order valence-electron chi connectivity index (χ3n) is 5.40. The highest BCUT2D eigenvalue weighted by atomic mass is 16.3. The van der Waals surface area contributed by atoms with Crippen molar-refractivity contribution in [3.05, 3.63) is 12.2 Å². The van der Waals surface area contributed by atoms with E-state index in [2.05, 4.69) is 26.8 Å². The molecule has 0 aliphatic heterocycles. The largest absolute Gasteiger partial charge is 0.396 e. The maximum Gasteiger partial charge on any atom is 0.0855 e. The molecule has 1 fully saturated rings. The molecule has 0 aromatic rings. The molecule has 2 aliphatic carbocycles. The fourth-order valence-corrected chi connectivity index (χ4v) is 4.47. The summed E-state index contributed by atoms with van der Waals surface area (Å²) in [6.45, 7) is 8.77. The summed E-state index contributed by atoms with van der Waals surface area (Å²) in [4.78, 5) is 0. The van der Waals surface area contributed by atoms with E-state index in [9.17, 15) is 10.2 Å². The van der Waals surface area contributed by atoms with Crippen LogP contribution in [0.1, 0.15) is 47.0 Å².